The van der Waals surface area contributed by atoms with E-state index < -0.39 is 6.03 Å². The highest BCUT2D eigenvalue weighted by Gasteiger charge is 2.15. The third kappa shape index (κ3) is 5.07. The Balaban J connectivity index is 2.01. The summed E-state index contributed by atoms with van der Waals surface area (Å²) in [4.78, 5) is 15.7. The van der Waals surface area contributed by atoms with Crippen LogP contribution in [0.15, 0.2) is 54.9 Å². The van der Waals surface area contributed by atoms with Crippen LogP contribution in [-0.2, 0) is 0 Å². The summed E-state index contributed by atoms with van der Waals surface area (Å²) >= 11 is 0. The Hall–Kier alpha value is -2.40. The van der Waals surface area contributed by atoms with Gasteiger partial charge in [-0.05, 0) is 37.0 Å². The van der Waals surface area contributed by atoms with Gasteiger partial charge < -0.3 is 5.32 Å². The number of hydroxylamine groups is 2. The normalized spacial score (nSPS) is 11.7. The van der Waals surface area contributed by atoms with E-state index in [-0.39, 0.29) is 5.92 Å². The van der Waals surface area contributed by atoms with Gasteiger partial charge in [0.15, 0.2) is 0 Å². The number of nitrogens with one attached hydrogen (secondary N) is 1. The molecule has 2 amide bonds. The highest BCUT2D eigenvalue weighted by atomic mass is 16.5. The third-order valence-electron chi connectivity index (χ3n) is 3.71. The number of nitrogens with zero attached hydrogens (tertiary/aromatic N) is 2. The molecule has 1 aromatic carbocycles. The Labute approximate surface area is 136 Å². The lowest BCUT2D eigenvalue weighted by Gasteiger charge is -2.20. The van der Waals surface area contributed by atoms with Gasteiger partial charge in [-0.3, -0.25) is 10.2 Å². The molecule has 1 heterocycles. The molecule has 1 atom stereocenters. The van der Waals surface area contributed by atoms with Crippen molar-refractivity contribution in [3.8, 4) is 0 Å². The lowest BCUT2D eigenvalue weighted by Crippen LogP contribution is -2.38. The maximum atomic E-state index is 11.5. The molecule has 23 heavy (non-hydrogen) atoms. The highest BCUT2D eigenvalue weighted by molar-refractivity contribution is 5.72. The van der Waals surface area contributed by atoms with Crippen LogP contribution in [0.25, 0.3) is 0 Å². The van der Waals surface area contributed by atoms with Crippen LogP contribution in [0.2, 0.25) is 0 Å². The van der Waals surface area contributed by atoms with Crippen molar-refractivity contribution in [1.29, 1.82) is 0 Å². The Morgan fingerprint density at radius 2 is 1.96 bits per heavy atom. The van der Waals surface area contributed by atoms with E-state index in [0.29, 0.717) is 19.5 Å². The van der Waals surface area contributed by atoms with Crippen molar-refractivity contribution in [2.45, 2.75) is 25.7 Å². The molecule has 0 aliphatic rings. The Morgan fingerprint density at radius 3 is 2.61 bits per heavy atom. The molecular weight excluding hydrogens is 290 g/mol. The van der Waals surface area contributed by atoms with E-state index in [4.69, 9.17) is 0 Å². The molecule has 0 radical (unpaired) electrons. The number of hydrogen-bond donors (Lipinski definition) is 2. The minimum atomic E-state index is -0.454. The molecule has 5 nitrogen and oxygen atoms in total. The molecule has 0 spiro atoms. The summed E-state index contributed by atoms with van der Waals surface area (Å²) in [5, 5.41) is 13.0. The van der Waals surface area contributed by atoms with Crippen LogP contribution >= 0.6 is 0 Å². The zero-order valence-electron chi connectivity index (χ0n) is 13.4. The number of hydrogen-bond acceptors (Lipinski definition) is 3. The van der Waals surface area contributed by atoms with E-state index >= 15 is 0 Å². The quantitative estimate of drug-likeness (QED) is 0.608. The maximum absolute atomic E-state index is 11.5. The van der Waals surface area contributed by atoms with E-state index in [1.54, 1.807) is 6.20 Å². The summed E-state index contributed by atoms with van der Waals surface area (Å²) in [5.41, 5.74) is 2.35. The zero-order chi connectivity index (χ0) is 16.5. The lowest BCUT2D eigenvalue weighted by molar-refractivity contribution is -0.0439. The fourth-order valence-corrected chi connectivity index (χ4v) is 2.58. The summed E-state index contributed by atoms with van der Waals surface area (Å²) in [6.07, 6.45) is 5.16. The average Bonchev–Trinajstić information content (AvgIpc) is 2.60. The van der Waals surface area contributed by atoms with Crippen LogP contribution in [-0.4, -0.2) is 34.4 Å². The number of carbonyl (C=O) groups is 1. The molecule has 1 unspecified atom stereocenters. The zero-order valence-corrected chi connectivity index (χ0v) is 13.4. The summed E-state index contributed by atoms with van der Waals surface area (Å²) in [6.45, 7) is 2.62. The molecule has 1 aromatic heterocycles. The fraction of sp³-hybridized carbons (Fsp3) is 0.333. The number of pyridine rings is 1. The van der Waals surface area contributed by atoms with Gasteiger partial charge in [-0.2, -0.15) is 0 Å². The van der Waals surface area contributed by atoms with Gasteiger partial charge in [0.25, 0.3) is 0 Å². The number of aromatic nitrogens is 1. The standard InChI is InChI=1S/C18H23N3O2/c1-2-20-18(22)21(23)13-7-11-17(15-8-4-3-5-9-15)16-10-6-12-19-14-16/h3-6,8-10,12,14,17,23H,2,7,11,13H2,1H3,(H,20,22). The Bertz CT molecular complexity index is 550. The van der Waals surface area contributed by atoms with Crippen molar-refractivity contribution in [2.24, 2.45) is 0 Å². The Morgan fingerprint density at radius 1 is 1.22 bits per heavy atom. The average molecular weight is 313 g/mol. The first-order valence-electron chi connectivity index (χ1n) is 7.91. The van der Waals surface area contributed by atoms with Crippen LogP contribution in [0, 0.1) is 0 Å². The molecule has 5 heteroatoms. The van der Waals surface area contributed by atoms with E-state index in [0.717, 1.165) is 17.0 Å². The smallest absolute Gasteiger partial charge is 0.336 e. The molecule has 2 rings (SSSR count). The molecule has 0 fully saturated rings. The summed E-state index contributed by atoms with van der Waals surface area (Å²) < 4.78 is 0. The fourth-order valence-electron chi connectivity index (χ4n) is 2.58. The minimum absolute atomic E-state index is 0.201. The largest absolute Gasteiger partial charge is 0.341 e. The summed E-state index contributed by atoms with van der Waals surface area (Å²) in [5.74, 6) is 0.201. The van der Waals surface area contributed by atoms with Crippen LogP contribution in [0.1, 0.15) is 36.8 Å². The molecular formula is C18H23N3O2. The summed E-state index contributed by atoms with van der Waals surface area (Å²) in [6, 6.07) is 13.8. The first-order valence-corrected chi connectivity index (χ1v) is 7.91. The van der Waals surface area contributed by atoms with Crippen LogP contribution in [0.5, 0.6) is 0 Å². The van der Waals surface area contributed by atoms with Crippen molar-refractivity contribution in [3.63, 3.8) is 0 Å². The second-order valence-corrected chi connectivity index (χ2v) is 5.35. The van der Waals surface area contributed by atoms with Crippen LogP contribution in [0.4, 0.5) is 4.79 Å². The van der Waals surface area contributed by atoms with Crippen LogP contribution < -0.4 is 5.32 Å². The second kappa shape index (κ2) is 8.90. The molecule has 122 valence electrons. The molecule has 2 aromatic rings. The van der Waals surface area contributed by atoms with Crippen molar-refractivity contribution in [2.75, 3.05) is 13.1 Å². The second-order valence-electron chi connectivity index (χ2n) is 5.35. The molecule has 0 saturated heterocycles. The molecule has 0 bridgehead atoms. The topological polar surface area (TPSA) is 65.5 Å². The van der Waals surface area contributed by atoms with Gasteiger partial charge in [-0.1, -0.05) is 36.4 Å². The predicted octanol–water partition coefficient (Wildman–Crippen LogP) is 3.41. The van der Waals surface area contributed by atoms with Gasteiger partial charge in [-0.25, -0.2) is 9.86 Å². The Kier molecular flexibility index (Phi) is 6.56. The summed E-state index contributed by atoms with van der Waals surface area (Å²) in [7, 11) is 0. The molecule has 0 aliphatic carbocycles. The van der Waals surface area contributed by atoms with Gasteiger partial charge in [0.1, 0.15) is 0 Å². The number of carbonyl (C=O) groups excluding carboxylic acids is 1. The minimum Gasteiger partial charge on any atom is -0.336 e. The van der Waals surface area contributed by atoms with Crippen molar-refractivity contribution >= 4 is 6.03 Å². The van der Waals surface area contributed by atoms with E-state index in [2.05, 4.69) is 28.5 Å². The van der Waals surface area contributed by atoms with Gasteiger partial charge in [0.05, 0.1) is 6.54 Å². The number of benzene rings is 1. The van der Waals surface area contributed by atoms with Crippen molar-refractivity contribution < 1.29 is 10.0 Å². The lowest BCUT2D eigenvalue weighted by atomic mass is 9.88. The number of rotatable bonds is 7. The highest BCUT2D eigenvalue weighted by Crippen LogP contribution is 2.28. The first-order chi connectivity index (χ1) is 11.2. The first kappa shape index (κ1) is 17.0. The van der Waals surface area contributed by atoms with E-state index in [1.165, 1.54) is 5.56 Å². The SMILES string of the molecule is CCNC(=O)N(O)CCCC(c1ccccc1)c1cccnc1. The molecule has 0 aliphatic heterocycles. The number of amides is 2. The predicted molar refractivity (Wildman–Crippen MR) is 89.3 cm³/mol. The molecule has 0 saturated carbocycles. The van der Waals surface area contributed by atoms with E-state index in [9.17, 15) is 10.0 Å². The van der Waals surface area contributed by atoms with Gasteiger partial charge in [0, 0.05) is 24.9 Å². The van der Waals surface area contributed by atoms with Gasteiger partial charge in [0.2, 0.25) is 0 Å². The monoisotopic (exact) mass is 313 g/mol. The maximum Gasteiger partial charge on any atom is 0.341 e. The van der Waals surface area contributed by atoms with Crippen molar-refractivity contribution in [3.05, 3.63) is 66.0 Å². The third-order valence-corrected chi connectivity index (χ3v) is 3.71. The van der Waals surface area contributed by atoms with Gasteiger partial charge >= 0.3 is 6.03 Å². The van der Waals surface area contributed by atoms with Crippen LogP contribution in [0.3, 0.4) is 0 Å². The number of urea groups is 1. The van der Waals surface area contributed by atoms with Crippen molar-refractivity contribution in [1.82, 2.24) is 15.4 Å². The molecule has 2 N–H and O–H groups in total. The van der Waals surface area contributed by atoms with Gasteiger partial charge in [-0.15, -0.1) is 0 Å². The van der Waals surface area contributed by atoms with E-state index in [1.807, 2.05) is 37.4 Å².